The van der Waals surface area contributed by atoms with Crippen LogP contribution in [0.15, 0.2) is 18.5 Å². The Morgan fingerprint density at radius 1 is 1.58 bits per heavy atom. The maximum absolute atomic E-state index is 12.4. The van der Waals surface area contributed by atoms with E-state index in [1.165, 1.54) is 36.2 Å². The van der Waals surface area contributed by atoms with Gasteiger partial charge >= 0.3 is 5.97 Å². The van der Waals surface area contributed by atoms with Crippen LogP contribution in [0.4, 0.5) is 0 Å². The summed E-state index contributed by atoms with van der Waals surface area (Å²) in [5.41, 5.74) is 0.343. The van der Waals surface area contributed by atoms with Crippen molar-refractivity contribution in [3.05, 3.63) is 24.0 Å². The Kier molecular flexibility index (Phi) is 4.26. The molecule has 0 spiro atoms. The summed E-state index contributed by atoms with van der Waals surface area (Å²) in [5.74, 6) is 0.201. The number of carboxylic acids is 1. The molecule has 1 N–H and O–H groups in total. The first kappa shape index (κ1) is 13.7. The van der Waals surface area contributed by atoms with Gasteiger partial charge in [-0.3, -0.25) is 9.78 Å². The summed E-state index contributed by atoms with van der Waals surface area (Å²) in [6.45, 7) is 0.423. The van der Waals surface area contributed by atoms with E-state index in [2.05, 4.69) is 4.98 Å². The van der Waals surface area contributed by atoms with Gasteiger partial charge in [0.1, 0.15) is 11.8 Å². The van der Waals surface area contributed by atoms with Gasteiger partial charge in [0.15, 0.2) is 0 Å². The highest BCUT2D eigenvalue weighted by Gasteiger charge is 2.33. The number of rotatable bonds is 3. The van der Waals surface area contributed by atoms with Crippen molar-refractivity contribution in [3.8, 4) is 5.75 Å². The summed E-state index contributed by atoms with van der Waals surface area (Å²) in [4.78, 5) is 28.9. The van der Waals surface area contributed by atoms with Crippen molar-refractivity contribution in [2.45, 2.75) is 6.04 Å². The number of carbonyl (C=O) groups is 2. The minimum atomic E-state index is -0.978. The van der Waals surface area contributed by atoms with E-state index in [0.29, 0.717) is 23.6 Å². The number of thioether (sulfide) groups is 1. The number of methoxy groups -OCH3 is 1. The first-order chi connectivity index (χ1) is 9.15. The van der Waals surface area contributed by atoms with Gasteiger partial charge in [0.2, 0.25) is 0 Å². The second kappa shape index (κ2) is 5.92. The van der Waals surface area contributed by atoms with Gasteiger partial charge in [-0.2, -0.15) is 11.8 Å². The summed E-state index contributed by atoms with van der Waals surface area (Å²) < 4.78 is 5.09. The first-order valence-corrected chi connectivity index (χ1v) is 6.90. The van der Waals surface area contributed by atoms with Crippen molar-refractivity contribution < 1.29 is 19.4 Å². The second-order valence-corrected chi connectivity index (χ2v) is 5.15. The minimum absolute atomic E-state index is 0.327. The zero-order valence-corrected chi connectivity index (χ0v) is 11.2. The molecule has 1 atom stereocenters. The van der Waals surface area contributed by atoms with E-state index in [4.69, 9.17) is 4.74 Å². The third-order valence-corrected chi connectivity index (χ3v) is 3.93. The monoisotopic (exact) mass is 282 g/mol. The molecule has 0 aromatic carbocycles. The van der Waals surface area contributed by atoms with E-state index in [1.807, 2.05) is 0 Å². The number of carboxylic acid groups (broad SMARTS) is 1. The molecule has 1 unspecified atom stereocenters. The Labute approximate surface area is 114 Å². The molecule has 1 aliphatic rings. The van der Waals surface area contributed by atoms with E-state index in [1.54, 1.807) is 6.07 Å². The highest BCUT2D eigenvalue weighted by atomic mass is 32.2. The fourth-order valence-electron chi connectivity index (χ4n) is 1.93. The van der Waals surface area contributed by atoms with Crippen molar-refractivity contribution in [1.29, 1.82) is 0 Å². The molecule has 1 aromatic rings. The number of aliphatic carboxylic acids is 1. The summed E-state index contributed by atoms with van der Waals surface area (Å²) in [5, 5.41) is 9.18. The Morgan fingerprint density at radius 3 is 3.05 bits per heavy atom. The molecule has 1 aliphatic heterocycles. The third-order valence-electron chi connectivity index (χ3n) is 2.91. The van der Waals surface area contributed by atoms with Crippen LogP contribution in [-0.2, 0) is 4.79 Å². The van der Waals surface area contributed by atoms with Crippen LogP contribution in [0, 0.1) is 0 Å². The molecule has 2 heterocycles. The normalized spacial score (nSPS) is 19.0. The van der Waals surface area contributed by atoms with Gasteiger partial charge in [-0.25, -0.2) is 4.79 Å². The standard InChI is InChI=1S/C12H14N2O4S/c1-18-10-6-13-3-2-8(10)11(15)14-4-5-19-7-9(14)12(16)17/h2-3,6,9H,4-5,7H2,1H3,(H,16,17). The molecule has 0 bridgehead atoms. The van der Waals surface area contributed by atoms with Gasteiger partial charge in [-0.15, -0.1) is 0 Å². The minimum Gasteiger partial charge on any atom is -0.494 e. The van der Waals surface area contributed by atoms with Crippen molar-refractivity contribution in [2.24, 2.45) is 0 Å². The van der Waals surface area contributed by atoms with Crippen LogP contribution in [0.5, 0.6) is 5.75 Å². The fraction of sp³-hybridized carbons (Fsp3) is 0.417. The lowest BCUT2D eigenvalue weighted by atomic mass is 10.1. The molecule has 19 heavy (non-hydrogen) atoms. The van der Waals surface area contributed by atoms with Crippen molar-refractivity contribution >= 4 is 23.6 Å². The fourth-order valence-corrected chi connectivity index (χ4v) is 2.96. The van der Waals surface area contributed by atoms with Crippen LogP contribution < -0.4 is 4.74 Å². The molecule has 0 radical (unpaired) electrons. The zero-order chi connectivity index (χ0) is 13.8. The van der Waals surface area contributed by atoms with Gasteiger partial charge in [0, 0.05) is 24.2 Å². The Balaban J connectivity index is 2.29. The molecule has 1 amide bonds. The lowest BCUT2D eigenvalue weighted by Crippen LogP contribution is -2.50. The maximum Gasteiger partial charge on any atom is 0.327 e. The average Bonchev–Trinajstić information content (AvgIpc) is 2.46. The van der Waals surface area contributed by atoms with Crippen LogP contribution in [0.1, 0.15) is 10.4 Å². The molecule has 102 valence electrons. The predicted molar refractivity (Wildman–Crippen MR) is 70.6 cm³/mol. The number of hydrogen-bond donors (Lipinski definition) is 1. The van der Waals surface area contributed by atoms with Crippen LogP contribution in [0.2, 0.25) is 0 Å². The molecule has 0 aliphatic carbocycles. The number of carbonyl (C=O) groups excluding carboxylic acids is 1. The molecule has 6 nitrogen and oxygen atoms in total. The maximum atomic E-state index is 12.4. The highest BCUT2D eigenvalue weighted by Crippen LogP contribution is 2.23. The van der Waals surface area contributed by atoms with Crippen LogP contribution in [0.3, 0.4) is 0 Å². The lowest BCUT2D eigenvalue weighted by Gasteiger charge is -2.32. The average molecular weight is 282 g/mol. The van der Waals surface area contributed by atoms with Gasteiger partial charge in [-0.1, -0.05) is 0 Å². The smallest absolute Gasteiger partial charge is 0.327 e. The van der Waals surface area contributed by atoms with Crippen molar-refractivity contribution in [3.63, 3.8) is 0 Å². The number of ether oxygens (including phenoxy) is 1. The molecular formula is C12H14N2O4S. The van der Waals surface area contributed by atoms with Gasteiger partial charge in [-0.05, 0) is 6.07 Å². The number of aromatic nitrogens is 1. The molecular weight excluding hydrogens is 268 g/mol. The largest absolute Gasteiger partial charge is 0.494 e. The molecule has 0 saturated carbocycles. The van der Waals surface area contributed by atoms with Crippen LogP contribution >= 0.6 is 11.8 Å². The molecule has 1 saturated heterocycles. The summed E-state index contributed by atoms with van der Waals surface area (Å²) >= 11 is 1.54. The topological polar surface area (TPSA) is 79.7 Å². The predicted octanol–water partition coefficient (Wildman–Crippen LogP) is 0.732. The first-order valence-electron chi connectivity index (χ1n) is 5.74. The summed E-state index contributed by atoms with van der Waals surface area (Å²) in [6.07, 6.45) is 2.94. The number of nitrogens with zero attached hydrogens (tertiary/aromatic N) is 2. The highest BCUT2D eigenvalue weighted by molar-refractivity contribution is 7.99. The Morgan fingerprint density at radius 2 is 2.37 bits per heavy atom. The molecule has 2 rings (SSSR count). The number of pyridine rings is 1. The number of amides is 1. The van der Waals surface area contributed by atoms with Crippen LogP contribution in [0.25, 0.3) is 0 Å². The Hall–Kier alpha value is -1.76. The molecule has 7 heteroatoms. The molecule has 1 aromatic heterocycles. The quantitative estimate of drug-likeness (QED) is 0.880. The third kappa shape index (κ3) is 2.81. The van der Waals surface area contributed by atoms with Crippen LogP contribution in [-0.4, -0.2) is 58.1 Å². The second-order valence-electron chi connectivity index (χ2n) is 4.00. The van der Waals surface area contributed by atoms with Crippen molar-refractivity contribution in [2.75, 3.05) is 25.2 Å². The summed E-state index contributed by atoms with van der Waals surface area (Å²) in [6, 6.07) is 0.756. The van der Waals surface area contributed by atoms with Gasteiger partial charge in [0.25, 0.3) is 5.91 Å². The lowest BCUT2D eigenvalue weighted by molar-refractivity contribution is -0.141. The van der Waals surface area contributed by atoms with Gasteiger partial charge in [0.05, 0.1) is 18.9 Å². The van der Waals surface area contributed by atoms with E-state index in [9.17, 15) is 14.7 Å². The Bertz CT molecular complexity index is 494. The van der Waals surface area contributed by atoms with E-state index < -0.39 is 12.0 Å². The zero-order valence-electron chi connectivity index (χ0n) is 10.4. The van der Waals surface area contributed by atoms with Crippen molar-refractivity contribution in [1.82, 2.24) is 9.88 Å². The number of hydrogen-bond acceptors (Lipinski definition) is 5. The van der Waals surface area contributed by atoms with E-state index in [-0.39, 0.29) is 5.91 Å². The van der Waals surface area contributed by atoms with E-state index >= 15 is 0 Å². The van der Waals surface area contributed by atoms with E-state index in [0.717, 1.165) is 5.75 Å². The molecule has 1 fully saturated rings. The van der Waals surface area contributed by atoms with Gasteiger partial charge < -0.3 is 14.7 Å². The summed E-state index contributed by atoms with van der Waals surface area (Å²) in [7, 11) is 1.45. The SMILES string of the molecule is COc1cnccc1C(=O)N1CCSCC1C(=O)O.